The van der Waals surface area contributed by atoms with Crippen molar-refractivity contribution in [1.29, 1.82) is 0 Å². The monoisotopic (exact) mass is 182 g/mol. The van der Waals surface area contributed by atoms with Crippen LogP contribution in [0.2, 0.25) is 0 Å². The van der Waals surface area contributed by atoms with Crippen molar-refractivity contribution in [3.05, 3.63) is 23.7 Å². The molecule has 3 nitrogen and oxygen atoms in total. The smallest absolute Gasteiger partial charge is 0.430 e. The van der Waals surface area contributed by atoms with Crippen LogP contribution in [-0.4, -0.2) is 13.3 Å². The van der Waals surface area contributed by atoms with Gasteiger partial charge in [-0.2, -0.15) is 13.2 Å². The Morgan fingerprint density at radius 2 is 1.75 bits per heavy atom. The van der Waals surface area contributed by atoms with Gasteiger partial charge in [0.15, 0.2) is 5.88 Å². The number of hydrogen-bond acceptors (Lipinski definition) is 3. The molecule has 0 saturated heterocycles. The Hall–Kier alpha value is -1.33. The third-order valence-electron chi connectivity index (χ3n) is 0.990. The highest BCUT2D eigenvalue weighted by Gasteiger charge is 2.30. The van der Waals surface area contributed by atoms with E-state index in [0.29, 0.717) is 6.08 Å². The maximum atomic E-state index is 11.7. The molecule has 0 rings (SSSR count). The van der Waals surface area contributed by atoms with E-state index in [4.69, 9.17) is 5.73 Å². The number of hydrogen-bond donors (Lipinski definition) is 2. The molecule has 70 valence electrons. The summed E-state index contributed by atoms with van der Waals surface area (Å²) in [6, 6.07) is 0. The molecular weight excluding hydrogens is 173 g/mol. The number of methoxy groups -OCH3 is 1. The fraction of sp³-hybridized carbons (Fsp3) is 0.333. The second kappa shape index (κ2) is 3.89. The van der Waals surface area contributed by atoms with Gasteiger partial charge in [-0.05, 0) is 12.2 Å². The van der Waals surface area contributed by atoms with Gasteiger partial charge < -0.3 is 16.2 Å². The lowest BCUT2D eigenvalue weighted by Crippen LogP contribution is -2.19. The zero-order valence-corrected chi connectivity index (χ0v) is 6.35. The second-order valence-corrected chi connectivity index (χ2v) is 1.89. The first-order chi connectivity index (χ1) is 5.38. The van der Waals surface area contributed by atoms with Crippen LogP contribution in [-0.2, 0) is 4.74 Å². The summed E-state index contributed by atoms with van der Waals surface area (Å²) in [7, 11) is 1.24. The van der Waals surface area contributed by atoms with E-state index in [0.717, 1.165) is 6.08 Å². The molecule has 0 aliphatic rings. The van der Waals surface area contributed by atoms with Crippen molar-refractivity contribution in [2.45, 2.75) is 6.18 Å². The van der Waals surface area contributed by atoms with E-state index in [-0.39, 0.29) is 5.88 Å². The zero-order chi connectivity index (χ0) is 9.78. The molecule has 0 aromatic rings. The Balaban J connectivity index is 4.39. The normalized spacial score (nSPS) is 14.7. The third-order valence-corrected chi connectivity index (χ3v) is 0.990. The molecule has 0 aromatic carbocycles. The van der Waals surface area contributed by atoms with Gasteiger partial charge in [-0.15, -0.1) is 0 Å². The number of halogens is 3. The fourth-order valence-electron chi connectivity index (χ4n) is 0.334. The van der Waals surface area contributed by atoms with Crippen molar-refractivity contribution in [2.75, 3.05) is 7.11 Å². The Kier molecular flexibility index (Phi) is 3.46. The molecule has 0 atom stereocenters. The Labute approximate surface area is 67.5 Å². The lowest BCUT2D eigenvalue weighted by molar-refractivity contribution is -0.0926. The van der Waals surface area contributed by atoms with E-state index in [1.807, 2.05) is 0 Å². The molecule has 12 heavy (non-hydrogen) atoms. The van der Waals surface area contributed by atoms with E-state index in [9.17, 15) is 13.2 Å². The summed E-state index contributed by atoms with van der Waals surface area (Å²) in [5.74, 6) is -0.137. The van der Waals surface area contributed by atoms with Gasteiger partial charge in [0.25, 0.3) is 0 Å². The highest BCUT2D eigenvalue weighted by Crippen LogP contribution is 2.21. The maximum Gasteiger partial charge on any atom is 0.430 e. The van der Waals surface area contributed by atoms with Crippen molar-refractivity contribution < 1.29 is 17.9 Å². The van der Waals surface area contributed by atoms with Crippen LogP contribution >= 0.6 is 0 Å². The average molecular weight is 182 g/mol. The van der Waals surface area contributed by atoms with Crippen LogP contribution in [0.25, 0.3) is 0 Å². The Bertz CT molecular complexity index is 207. The number of ether oxygens (including phenoxy) is 1. The van der Waals surface area contributed by atoms with Gasteiger partial charge in [-0.25, -0.2) is 0 Å². The molecule has 0 saturated carbocycles. The number of allylic oxidation sites excluding steroid dienone is 3. The molecule has 0 aliphatic carbocycles. The quantitative estimate of drug-likeness (QED) is 0.491. The van der Waals surface area contributed by atoms with Crippen LogP contribution in [0.5, 0.6) is 0 Å². The molecule has 0 unspecified atom stereocenters. The van der Waals surface area contributed by atoms with Crippen LogP contribution in [0, 0.1) is 0 Å². The minimum Gasteiger partial charge on any atom is -0.483 e. The fourth-order valence-corrected chi connectivity index (χ4v) is 0.334. The molecule has 6 heteroatoms. The summed E-state index contributed by atoms with van der Waals surface area (Å²) in [5.41, 5.74) is 8.45. The largest absolute Gasteiger partial charge is 0.483 e. The van der Waals surface area contributed by atoms with Gasteiger partial charge in [0.2, 0.25) is 0 Å². The van der Waals surface area contributed by atoms with Crippen LogP contribution < -0.4 is 11.5 Å². The van der Waals surface area contributed by atoms with Gasteiger partial charge in [0, 0.05) is 0 Å². The van der Waals surface area contributed by atoms with E-state index in [1.165, 1.54) is 7.11 Å². The van der Waals surface area contributed by atoms with Crippen molar-refractivity contribution in [3.8, 4) is 0 Å². The minimum atomic E-state index is -4.52. The average Bonchev–Trinajstić information content (AvgIpc) is 1.97. The highest BCUT2D eigenvalue weighted by molar-refractivity contribution is 5.14. The maximum absolute atomic E-state index is 11.7. The van der Waals surface area contributed by atoms with Crippen molar-refractivity contribution >= 4 is 0 Å². The lowest BCUT2D eigenvalue weighted by Gasteiger charge is -2.04. The summed E-state index contributed by atoms with van der Waals surface area (Å²) in [6.07, 6.45) is -2.95. The highest BCUT2D eigenvalue weighted by atomic mass is 19.4. The summed E-state index contributed by atoms with van der Waals surface area (Å²) in [4.78, 5) is 0. The van der Waals surface area contributed by atoms with Crippen LogP contribution in [0.3, 0.4) is 0 Å². The van der Waals surface area contributed by atoms with Gasteiger partial charge in [-0.3, -0.25) is 0 Å². The van der Waals surface area contributed by atoms with Gasteiger partial charge >= 0.3 is 6.18 Å². The van der Waals surface area contributed by atoms with E-state index >= 15 is 0 Å². The summed E-state index contributed by atoms with van der Waals surface area (Å²) >= 11 is 0. The first-order valence-corrected chi connectivity index (χ1v) is 2.92. The van der Waals surface area contributed by atoms with Crippen LogP contribution in [0.4, 0.5) is 13.2 Å². The molecule has 0 radical (unpaired) electrons. The lowest BCUT2D eigenvalue weighted by atomic mass is 10.4. The van der Waals surface area contributed by atoms with Crippen molar-refractivity contribution in [2.24, 2.45) is 11.5 Å². The molecule has 0 spiro atoms. The van der Waals surface area contributed by atoms with Gasteiger partial charge in [0.1, 0.15) is 5.70 Å². The zero-order valence-electron chi connectivity index (χ0n) is 6.35. The number of nitrogens with two attached hydrogens (primary N) is 2. The first kappa shape index (κ1) is 10.7. The van der Waals surface area contributed by atoms with Crippen LogP contribution in [0.1, 0.15) is 0 Å². The van der Waals surface area contributed by atoms with E-state index in [1.54, 1.807) is 0 Å². The minimum absolute atomic E-state index is 0.137. The van der Waals surface area contributed by atoms with Crippen molar-refractivity contribution in [3.63, 3.8) is 0 Å². The van der Waals surface area contributed by atoms with Gasteiger partial charge in [-0.1, -0.05) is 0 Å². The molecule has 4 N–H and O–H groups in total. The summed E-state index contributed by atoms with van der Waals surface area (Å²) in [6.45, 7) is 0. The predicted octanol–water partition coefficient (Wildman–Crippen LogP) is 0.838. The third kappa shape index (κ3) is 3.75. The SMILES string of the molecule is CO/C(N)=C/C=C(\N)C(F)(F)F. The standard InChI is InChI=1S/C6H9F3N2O/c1-12-5(11)3-2-4(10)6(7,8)9/h2-3H,10-11H2,1H3/b4-2-,5-3+. The van der Waals surface area contributed by atoms with E-state index in [2.05, 4.69) is 10.5 Å². The molecule has 0 bridgehead atoms. The Morgan fingerprint density at radius 3 is 2.08 bits per heavy atom. The topological polar surface area (TPSA) is 61.3 Å². The van der Waals surface area contributed by atoms with Crippen LogP contribution in [0.15, 0.2) is 23.7 Å². The molecule has 0 aromatic heterocycles. The number of rotatable bonds is 2. The molecule has 0 aliphatic heterocycles. The predicted molar refractivity (Wildman–Crippen MR) is 37.6 cm³/mol. The first-order valence-electron chi connectivity index (χ1n) is 2.92. The molecular formula is C6H9F3N2O. The van der Waals surface area contributed by atoms with E-state index < -0.39 is 11.9 Å². The molecule has 0 amide bonds. The Morgan fingerprint density at radius 1 is 1.25 bits per heavy atom. The van der Waals surface area contributed by atoms with Crippen molar-refractivity contribution in [1.82, 2.24) is 0 Å². The molecule has 0 heterocycles. The second-order valence-electron chi connectivity index (χ2n) is 1.89. The number of alkyl halides is 3. The van der Waals surface area contributed by atoms with Gasteiger partial charge in [0.05, 0.1) is 7.11 Å². The summed E-state index contributed by atoms with van der Waals surface area (Å²) in [5, 5.41) is 0. The summed E-state index contributed by atoms with van der Waals surface area (Å²) < 4.78 is 39.5. The molecule has 0 fully saturated rings.